The normalized spacial score (nSPS) is 10.8. The Bertz CT molecular complexity index is 685. The van der Waals surface area contributed by atoms with Crippen molar-refractivity contribution in [3.8, 4) is 23.0 Å². The van der Waals surface area contributed by atoms with Crippen molar-refractivity contribution < 1.29 is 8.94 Å². The van der Waals surface area contributed by atoms with Crippen molar-refractivity contribution >= 4 is 0 Å². The summed E-state index contributed by atoms with van der Waals surface area (Å²) < 4.78 is 10.3. The molecule has 0 aliphatic carbocycles. The first-order valence-corrected chi connectivity index (χ1v) is 5.55. The lowest BCUT2D eigenvalue weighted by molar-refractivity contribution is 0.430. The SMILES string of the molecule is Cc1cccc(-c2noc(-c3coc(C)n3)n2)c1. The second kappa shape index (κ2) is 4.10. The van der Waals surface area contributed by atoms with Crippen molar-refractivity contribution in [1.82, 2.24) is 15.1 Å². The maximum absolute atomic E-state index is 5.17. The molecule has 0 aliphatic rings. The third kappa shape index (κ3) is 1.90. The molecule has 2 heterocycles. The zero-order chi connectivity index (χ0) is 12.5. The molecule has 0 aliphatic heterocycles. The van der Waals surface area contributed by atoms with Crippen LogP contribution >= 0.6 is 0 Å². The van der Waals surface area contributed by atoms with Gasteiger partial charge in [-0.05, 0) is 13.0 Å². The highest BCUT2D eigenvalue weighted by Gasteiger charge is 2.13. The molecule has 3 rings (SSSR count). The third-order valence-corrected chi connectivity index (χ3v) is 2.54. The summed E-state index contributed by atoms with van der Waals surface area (Å²) >= 11 is 0. The predicted octanol–water partition coefficient (Wildman–Crippen LogP) is 3.01. The van der Waals surface area contributed by atoms with Gasteiger partial charge >= 0.3 is 0 Å². The standard InChI is InChI=1S/C13H11N3O2/c1-8-4-3-5-10(6-8)12-15-13(18-16-12)11-7-17-9(2)14-11/h3-7H,1-2H3. The van der Waals surface area contributed by atoms with E-state index in [1.54, 1.807) is 6.92 Å². The third-order valence-electron chi connectivity index (χ3n) is 2.54. The summed E-state index contributed by atoms with van der Waals surface area (Å²) in [5.41, 5.74) is 2.63. The molecule has 0 saturated heterocycles. The van der Waals surface area contributed by atoms with Crippen molar-refractivity contribution in [2.75, 3.05) is 0 Å². The van der Waals surface area contributed by atoms with Gasteiger partial charge in [0.05, 0.1) is 0 Å². The van der Waals surface area contributed by atoms with Gasteiger partial charge in [0.2, 0.25) is 5.82 Å². The number of hydrogen-bond donors (Lipinski definition) is 0. The molecule has 0 saturated carbocycles. The van der Waals surface area contributed by atoms with E-state index in [-0.39, 0.29) is 0 Å². The van der Waals surface area contributed by atoms with Gasteiger partial charge in [-0.1, -0.05) is 28.9 Å². The molecule has 0 spiro atoms. The molecule has 1 aromatic carbocycles. The number of nitrogens with zero attached hydrogens (tertiary/aromatic N) is 3. The van der Waals surface area contributed by atoms with E-state index in [2.05, 4.69) is 15.1 Å². The Kier molecular flexibility index (Phi) is 2.44. The van der Waals surface area contributed by atoms with Crippen LogP contribution in [0.3, 0.4) is 0 Å². The van der Waals surface area contributed by atoms with Crippen LogP contribution in [0.2, 0.25) is 0 Å². The number of rotatable bonds is 2. The van der Waals surface area contributed by atoms with Crippen LogP contribution in [0.5, 0.6) is 0 Å². The highest BCUT2D eigenvalue weighted by Crippen LogP contribution is 2.22. The average Bonchev–Trinajstić information content (AvgIpc) is 2.97. The fraction of sp³-hybridized carbons (Fsp3) is 0.154. The van der Waals surface area contributed by atoms with Crippen molar-refractivity contribution in [2.45, 2.75) is 13.8 Å². The van der Waals surface area contributed by atoms with E-state index >= 15 is 0 Å². The smallest absolute Gasteiger partial charge is 0.280 e. The molecule has 5 heteroatoms. The van der Waals surface area contributed by atoms with Gasteiger partial charge in [0.25, 0.3) is 5.89 Å². The Balaban J connectivity index is 1.99. The van der Waals surface area contributed by atoms with Gasteiger partial charge in [0.1, 0.15) is 6.26 Å². The first kappa shape index (κ1) is 10.7. The summed E-state index contributed by atoms with van der Waals surface area (Å²) in [4.78, 5) is 8.45. The van der Waals surface area contributed by atoms with Crippen molar-refractivity contribution in [1.29, 1.82) is 0 Å². The quantitative estimate of drug-likeness (QED) is 0.690. The van der Waals surface area contributed by atoms with E-state index in [0.717, 1.165) is 11.1 Å². The minimum absolute atomic E-state index is 0.364. The van der Waals surface area contributed by atoms with Crippen LogP contribution in [-0.4, -0.2) is 15.1 Å². The number of aryl methyl sites for hydroxylation is 2. The molecule has 0 radical (unpaired) electrons. The van der Waals surface area contributed by atoms with Crippen LogP contribution in [0.4, 0.5) is 0 Å². The second-order valence-corrected chi connectivity index (χ2v) is 4.04. The molecular weight excluding hydrogens is 230 g/mol. The number of hydrogen-bond acceptors (Lipinski definition) is 5. The fourth-order valence-corrected chi connectivity index (χ4v) is 1.69. The highest BCUT2D eigenvalue weighted by molar-refractivity contribution is 5.58. The van der Waals surface area contributed by atoms with Crippen LogP contribution in [0.1, 0.15) is 11.5 Å². The van der Waals surface area contributed by atoms with E-state index in [9.17, 15) is 0 Å². The molecule has 90 valence electrons. The first-order chi connectivity index (χ1) is 8.72. The topological polar surface area (TPSA) is 65.0 Å². The Labute approximate surface area is 103 Å². The molecular formula is C13H11N3O2. The van der Waals surface area contributed by atoms with Crippen molar-refractivity contribution in [3.63, 3.8) is 0 Å². The molecule has 5 nitrogen and oxygen atoms in total. The average molecular weight is 241 g/mol. The molecule has 18 heavy (non-hydrogen) atoms. The Hall–Kier alpha value is -2.43. The molecule has 2 aromatic heterocycles. The van der Waals surface area contributed by atoms with Gasteiger partial charge in [0.15, 0.2) is 11.6 Å². The van der Waals surface area contributed by atoms with Gasteiger partial charge in [-0.2, -0.15) is 4.98 Å². The number of aromatic nitrogens is 3. The van der Waals surface area contributed by atoms with Gasteiger partial charge < -0.3 is 8.94 Å². The minimum Gasteiger partial charge on any atom is -0.448 e. The summed E-state index contributed by atoms with van der Waals surface area (Å²) in [5.74, 6) is 1.48. The highest BCUT2D eigenvalue weighted by atomic mass is 16.5. The van der Waals surface area contributed by atoms with Crippen molar-refractivity contribution in [2.24, 2.45) is 0 Å². The van der Waals surface area contributed by atoms with Crippen LogP contribution in [0, 0.1) is 13.8 Å². The van der Waals surface area contributed by atoms with Gasteiger partial charge in [-0.15, -0.1) is 0 Å². The summed E-state index contributed by atoms with van der Waals surface area (Å²) in [6, 6.07) is 7.92. The lowest BCUT2D eigenvalue weighted by Gasteiger charge is -1.94. The molecule has 0 bridgehead atoms. The van der Waals surface area contributed by atoms with Crippen LogP contribution in [-0.2, 0) is 0 Å². The summed E-state index contributed by atoms with van der Waals surface area (Å²) in [7, 11) is 0. The van der Waals surface area contributed by atoms with Gasteiger partial charge in [-0.3, -0.25) is 0 Å². The second-order valence-electron chi connectivity index (χ2n) is 4.04. The van der Waals surface area contributed by atoms with Gasteiger partial charge in [0, 0.05) is 12.5 Å². The van der Waals surface area contributed by atoms with E-state index in [1.165, 1.54) is 6.26 Å². The minimum atomic E-state index is 0.364. The van der Waals surface area contributed by atoms with Crippen LogP contribution in [0.15, 0.2) is 39.5 Å². The zero-order valence-electron chi connectivity index (χ0n) is 10.0. The largest absolute Gasteiger partial charge is 0.448 e. The maximum atomic E-state index is 5.17. The monoisotopic (exact) mass is 241 g/mol. The predicted molar refractivity (Wildman–Crippen MR) is 64.7 cm³/mol. The fourth-order valence-electron chi connectivity index (χ4n) is 1.69. The number of benzene rings is 1. The van der Waals surface area contributed by atoms with E-state index in [4.69, 9.17) is 8.94 Å². The molecule has 0 unspecified atom stereocenters. The molecule has 0 amide bonds. The zero-order valence-corrected chi connectivity index (χ0v) is 10.0. The summed E-state index contributed by atoms with van der Waals surface area (Å²) in [5, 5.41) is 3.95. The van der Waals surface area contributed by atoms with E-state index < -0.39 is 0 Å². The summed E-state index contributed by atoms with van der Waals surface area (Å²) in [6.07, 6.45) is 1.50. The molecule has 0 N–H and O–H groups in total. The Morgan fingerprint density at radius 2 is 2.00 bits per heavy atom. The van der Waals surface area contributed by atoms with Crippen molar-refractivity contribution in [3.05, 3.63) is 42.0 Å². The van der Waals surface area contributed by atoms with Crippen LogP contribution in [0.25, 0.3) is 23.0 Å². The van der Waals surface area contributed by atoms with Gasteiger partial charge in [-0.25, -0.2) is 4.98 Å². The van der Waals surface area contributed by atoms with Crippen LogP contribution < -0.4 is 0 Å². The molecule has 0 fully saturated rings. The molecule has 0 atom stereocenters. The van der Waals surface area contributed by atoms with E-state index in [1.807, 2.05) is 31.2 Å². The summed E-state index contributed by atoms with van der Waals surface area (Å²) in [6.45, 7) is 3.78. The maximum Gasteiger partial charge on any atom is 0.280 e. The lowest BCUT2D eigenvalue weighted by atomic mass is 10.1. The number of oxazole rings is 1. The lowest BCUT2D eigenvalue weighted by Crippen LogP contribution is -1.82. The molecule has 3 aromatic rings. The van der Waals surface area contributed by atoms with E-state index in [0.29, 0.717) is 23.3 Å². The Morgan fingerprint density at radius 1 is 1.11 bits per heavy atom. The first-order valence-electron chi connectivity index (χ1n) is 5.55. The Morgan fingerprint density at radius 3 is 2.72 bits per heavy atom.